The number of carbonyl (C=O) groups is 1. The van der Waals surface area contributed by atoms with Crippen molar-refractivity contribution < 1.29 is 13.2 Å². The van der Waals surface area contributed by atoms with E-state index in [2.05, 4.69) is 10.6 Å². The second kappa shape index (κ2) is 5.46. The van der Waals surface area contributed by atoms with E-state index in [9.17, 15) is 13.2 Å². The first-order valence-electron chi connectivity index (χ1n) is 5.24. The first-order chi connectivity index (χ1) is 7.03. The van der Waals surface area contributed by atoms with Gasteiger partial charge in [0, 0.05) is 12.6 Å². The maximum absolute atomic E-state index is 11.4. The number of hydrogen-bond acceptors (Lipinski definition) is 4. The zero-order chi connectivity index (χ0) is 11.3. The fourth-order valence-corrected chi connectivity index (χ4v) is 2.88. The second-order valence-electron chi connectivity index (χ2n) is 3.85. The van der Waals surface area contributed by atoms with Crippen LogP contribution >= 0.6 is 0 Å². The van der Waals surface area contributed by atoms with Gasteiger partial charge in [-0.2, -0.15) is 0 Å². The smallest absolute Gasteiger partial charge is 0.235 e. The van der Waals surface area contributed by atoms with Crippen LogP contribution in [0.2, 0.25) is 0 Å². The predicted molar refractivity (Wildman–Crippen MR) is 58.4 cm³/mol. The third-order valence-corrected chi connectivity index (χ3v) is 4.02. The summed E-state index contributed by atoms with van der Waals surface area (Å²) >= 11 is 0. The molecule has 1 saturated heterocycles. The van der Waals surface area contributed by atoms with Crippen LogP contribution in [0.4, 0.5) is 0 Å². The van der Waals surface area contributed by atoms with E-state index in [1.807, 2.05) is 0 Å². The zero-order valence-electron chi connectivity index (χ0n) is 8.95. The van der Waals surface area contributed by atoms with E-state index in [-0.39, 0.29) is 23.5 Å². The lowest BCUT2D eigenvalue weighted by atomic mass is 10.3. The first-order valence-corrected chi connectivity index (χ1v) is 7.06. The van der Waals surface area contributed by atoms with Gasteiger partial charge in [-0.15, -0.1) is 0 Å². The quantitative estimate of drug-likeness (QED) is 0.659. The fraction of sp³-hybridized carbons (Fsp3) is 0.889. The van der Waals surface area contributed by atoms with Crippen molar-refractivity contribution in [3.8, 4) is 0 Å². The predicted octanol–water partition coefficient (Wildman–Crippen LogP) is -0.711. The van der Waals surface area contributed by atoms with Crippen LogP contribution in [0.25, 0.3) is 0 Å². The largest absolute Gasteiger partial charge is 0.351 e. The van der Waals surface area contributed by atoms with Crippen LogP contribution in [0, 0.1) is 0 Å². The van der Waals surface area contributed by atoms with Crippen molar-refractivity contribution >= 4 is 15.7 Å². The lowest BCUT2D eigenvalue weighted by molar-refractivity contribution is -0.119. The molecule has 15 heavy (non-hydrogen) atoms. The van der Waals surface area contributed by atoms with Crippen LogP contribution in [0.15, 0.2) is 0 Å². The summed E-state index contributed by atoms with van der Waals surface area (Å²) in [5.74, 6) is -0.669. The van der Waals surface area contributed by atoms with Gasteiger partial charge in [-0.25, -0.2) is 8.42 Å². The molecule has 6 heteroatoms. The molecule has 2 N–H and O–H groups in total. The Kier molecular flexibility index (Phi) is 4.53. The zero-order valence-corrected chi connectivity index (χ0v) is 9.77. The van der Waals surface area contributed by atoms with Gasteiger partial charge in [0.2, 0.25) is 5.91 Å². The highest BCUT2D eigenvalue weighted by atomic mass is 32.2. The van der Waals surface area contributed by atoms with E-state index in [1.165, 1.54) is 0 Å². The number of carbonyl (C=O) groups excluding carboxylic acids is 1. The SMILES string of the molecule is CCCS(=O)(=O)CC(=O)NC1CCNC1. The minimum Gasteiger partial charge on any atom is -0.351 e. The van der Waals surface area contributed by atoms with Crippen molar-refractivity contribution in [1.29, 1.82) is 0 Å². The molecule has 0 saturated carbocycles. The van der Waals surface area contributed by atoms with Gasteiger partial charge < -0.3 is 10.6 Å². The van der Waals surface area contributed by atoms with Crippen LogP contribution in [-0.2, 0) is 14.6 Å². The Morgan fingerprint density at radius 1 is 1.53 bits per heavy atom. The third kappa shape index (κ3) is 4.61. The van der Waals surface area contributed by atoms with Crippen molar-refractivity contribution in [3.05, 3.63) is 0 Å². The van der Waals surface area contributed by atoms with Crippen LogP contribution in [0.3, 0.4) is 0 Å². The molecule has 1 amide bonds. The van der Waals surface area contributed by atoms with Gasteiger partial charge in [0.05, 0.1) is 5.75 Å². The molecule has 1 rings (SSSR count). The van der Waals surface area contributed by atoms with Crippen LogP contribution in [0.1, 0.15) is 19.8 Å². The van der Waals surface area contributed by atoms with E-state index in [0.717, 1.165) is 19.5 Å². The molecule has 0 aromatic heterocycles. The molecule has 1 aliphatic rings. The van der Waals surface area contributed by atoms with Gasteiger partial charge in [0.1, 0.15) is 5.75 Å². The number of hydrogen-bond donors (Lipinski definition) is 2. The molecule has 0 spiro atoms. The number of amides is 1. The summed E-state index contributed by atoms with van der Waals surface area (Å²) in [6.45, 7) is 3.41. The van der Waals surface area contributed by atoms with E-state index in [4.69, 9.17) is 0 Å². The highest BCUT2D eigenvalue weighted by Crippen LogP contribution is 1.98. The normalized spacial score (nSPS) is 21.5. The molecule has 1 fully saturated rings. The average molecular weight is 234 g/mol. The molecular formula is C9H18N2O3S. The topological polar surface area (TPSA) is 75.3 Å². The third-order valence-electron chi connectivity index (χ3n) is 2.29. The van der Waals surface area contributed by atoms with Crippen molar-refractivity contribution in [1.82, 2.24) is 10.6 Å². The van der Waals surface area contributed by atoms with Crippen molar-refractivity contribution in [2.45, 2.75) is 25.8 Å². The lowest BCUT2D eigenvalue weighted by Crippen LogP contribution is -2.39. The van der Waals surface area contributed by atoms with Crippen molar-refractivity contribution in [2.24, 2.45) is 0 Å². The van der Waals surface area contributed by atoms with Crippen LogP contribution in [-0.4, -0.2) is 45.0 Å². The molecule has 5 nitrogen and oxygen atoms in total. The molecule has 0 aromatic rings. The second-order valence-corrected chi connectivity index (χ2v) is 6.03. The monoisotopic (exact) mass is 234 g/mol. The minimum atomic E-state index is -3.20. The molecular weight excluding hydrogens is 216 g/mol. The van der Waals surface area contributed by atoms with Gasteiger partial charge in [-0.05, 0) is 19.4 Å². The molecule has 88 valence electrons. The molecule has 0 bridgehead atoms. The Morgan fingerprint density at radius 2 is 2.27 bits per heavy atom. The average Bonchev–Trinajstić information content (AvgIpc) is 2.54. The molecule has 0 aromatic carbocycles. The Balaban J connectivity index is 2.34. The Hall–Kier alpha value is -0.620. The summed E-state index contributed by atoms with van der Waals surface area (Å²) in [5, 5.41) is 5.81. The summed E-state index contributed by atoms with van der Waals surface area (Å²) < 4.78 is 22.7. The van der Waals surface area contributed by atoms with E-state index in [0.29, 0.717) is 6.42 Å². The van der Waals surface area contributed by atoms with Gasteiger partial charge in [-0.3, -0.25) is 4.79 Å². The standard InChI is InChI=1S/C9H18N2O3S/c1-2-5-15(13,14)7-9(12)11-8-3-4-10-6-8/h8,10H,2-7H2,1H3,(H,11,12). The summed E-state index contributed by atoms with van der Waals surface area (Å²) in [4.78, 5) is 11.4. The molecule has 1 aliphatic heterocycles. The van der Waals surface area contributed by atoms with Gasteiger partial charge in [-0.1, -0.05) is 6.92 Å². The van der Waals surface area contributed by atoms with Crippen molar-refractivity contribution in [2.75, 3.05) is 24.6 Å². The Bertz CT molecular complexity index is 307. The lowest BCUT2D eigenvalue weighted by Gasteiger charge is -2.10. The van der Waals surface area contributed by atoms with Crippen LogP contribution < -0.4 is 10.6 Å². The molecule has 1 heterocycles. The van der Waals surface area contributed by atoms with E-state index >= 15 is 0 Å². The van der Waals surface area contributed by atoms with Crippen molar-refractivity contribution in [3.63, 3.8) is 0 Å². The fourth-order valence-electron chi connectivity index (χ4n) is 1.63. The molecule has 1 atom stereocenters. The number of sulfone groups is 1. The van der Waals surface area contributed by atoms with Gasteiger partial charge in [0.25, 0.3) is 0 Å². The number of rotatable bonds is 5. The number of nitrogens with one attached hydrogen (secondary N) is 2. The molecule has 0 aliphatic carbocycles. The highest BCUT2D eigenvalue weighted by molar-refractivity contribution is 7.92. The Morgan fingerprint density at radius 3 is 2.80 bits per heavy atom. The maximum Gasteiger partial charge on any atom is 0.235 e. The maximum atomic E-state index is 11.4. The summed E-state index contributed by atoms with van der Waals surface area (Å²) in [6.07, 6.45) is 1.43. The summed E-state index contributed by atoms with van der Waals surface area (Å²) in [7, 11) is -3.20. The van der Waals surface area contributed by atoms with E-state index in [1.54, 1.807) is 6.92 Å². The van der Waals surface area contributed by atoms with E-state index < -0.39 is 9.84 Å². The summed E-state index contributed by atoms with van der Waals surface area (Å²) in [5.41, 5.74) is 0. The molecule has 0 radical (unpaired) electrons. The highest BCUT2D eigenvalue weighted by Gasteiger charge is 2.20. The molecule has 1 unspecified atom stereocenters. The van der Waals surface area contributed by atoms with Gasteiger partial charge >= 0.3 is 0 Å². The van der Waals surface area contributed by atoms with Crippen LogP contribution in [0.5, 0.6) is 0 Å². The summed E-state index contributed by atoms with van der Waals surface area (Å²) in [6, 6.07) is 0.0920. The van der Waals surface area contributed by atoms with Gasteiger partial charge in [0.15, 0.2) is 9.84 Å². The Labute approximate surface area is 90.5 Å². The first kappa shape index (κ1) is 12.4. The minimum absolute atomic E-state index is 0.0866.